The Labute approximate surface area is 94.2 Å². The van der Waals surface area contributed by atoms with Gasteiger partial charge in [-0.3, -0.25) is 4.98 Å². The minimum atomic E-state index is -0.185. The Morgan fingerprint density at radius 1 is 1.25 bits per heavy atom. The number of benzene rings is 1. The highest BCUT2D eigenvalue weighted by Crippen LogP contribution is 2.11. The molecular formula is C13H13FN2. The molecule has 0 aliphatic rings. The van der Waals surface area contributed by atoms with Crippen LogP contribution >= 0.6 is 0 Å². The number of hydrogen-bond acceptors (Lipinski definition) is 2. The van der Waals surface area contributed by atoms with Gasteiger partial charge in [0.1, 0.15) is 5.82 Å². The van der Waals surface area contributed by atoms with Crippen molar-refractivity contribution in [2.45, 2.75) is 13.5 Å². The third-order valence-electron chi connectivity index (χ3n) is 2.32. The van der Waals surface area contributed by atoms with Crippen LogP contribution in [-0.2, 0) is 6.54 Å². The number of rotatable bonds is 3. The summed E-state index contributed by atoms with van der Waals surface area (Å²) in [7, 11) is 0. The van der Waals surface area contributed by atoms with Crippen molar-refractivity contribution in [2.75, 3.05) is 5.32 Å². The Morgan fingerprint density at radius 2 is 2.06 bits per heavy atom. The molecule has 1 aromatic carbocycles. The molecule has 2 rings (SSSR count). The molecule has 16 heavy (non-hydrogen) atoms. The van der Waals surface area contributed by atoms with Crippen molar-refractivity contribution in [3.63, 3.8) is 0 Å². The summed E-state index contributed by atoms with van der Waals surface area (Å²) in [6, 6.07) is 8.73. The molecule has 1 N–H and O–H groups in total. The van der Waals surface area contributed by atoms with E-state index >= 15 is 0 Å². The molecule has 0 fully saturated rings. The smallest absolute Gasteiger partial charge is 0.128 e. The van der Waals surface area contributed by atoms with Crippen LogP contribution in [0.1, 0.15) is 11.1 Å². The molecule has 3 heteroatoms. The highest BCUT2D eigenvalue weighted by molar-refractivity contribution is 5.43. The van der Waals surface area contributed by atoms with Crippen molar-refractivity contribution in [2.24, 2.45) is 0 Å². The second-order valence-corrected chi connectivity index (χ2v) is 3.70. The van der Waals surface area contributed by atoms with Gasteiger partial charge >= 0.3 is 0 Å². The fourth-order valence-corrected chi connectivity index (χ4v) is 1.49. The number of anilines is 1. The standard InChI is InChI=1S/C13H13FN2/c1-10-6-12(9-15-7-10)16-8-11-4-2-3-5-13(11)14/h2-7,9,16H,8H2,1H3. The maximum atomic E-state index is 13.3. The quantitative estimate of drug-likeness (QED) is 0.852. The third-order valence-corrected chi connectivity index (χ3v) is 2.32. The number of nitrogens with zero attached hydrogens (tertiary/aromatic N) is 1. The van der Waals surface area contributed by atoms with E-state index in [0.717, 1.165) is 11.3 Å². The first-order valence-electron chi connectivity index (χ1n) is 5.14. The largest absolute Gasteiger partial charge is 0.380 e. The third kappa shape index (κ3) is 2.57. The van der Waals surface area contributed by atoms with E-state index in [1.54, 1.807) is 24.5 Å². The molecule has 2 aromatic rings. The second kappa shape index (κ2) is 4.75. The molecule has 82 valence electrons. The number of aryl methyl sites for hydroxylation is 1. The fraction of sp³-hybridized carbons (Fsp3) is 0.154. The summed E-state index contributed by atoms with van der Waals surface area (Å²) in [4.78, 5) is 4.06. The molecule has 0 atom stereocenters. The number of pyridine rings is 1. The van der Waals surface area contributed by atoms with Gasteiger partial charge in [0.2, 0.25) is 0 Å². The molecule has 0 aliphatic heterocycles. The molecule has 1 heterocycles. The first-order valence-corrected chi connectivity index (χ1v) is 5.14. The summed E-state index contributed by atoms with van der Waals surface area (Å²) in [5.41, 5.74) is 2.64. The van der Waals surface area contributed by atoms with Gasteiger partial charge in [-0.15, -0.1) is 0 Å². The number of halogens is 1. The van der Waals surface area contributed by atoms with E-state index < -0.39 is 0 Å². The van der Waals surface area contributed by atoms with E-state index in [-0.39, 0.29) is 5.82 Å². The van der Waals surface area contributed by atoms with E-state index in [1.165, 1.54) is 6.07 Å². The van der Waals surface area contributed by atoms with Crippen LogP contribution < -0.4 is 5.32 Å². The van der Waals surface area contributed by atoms with E-state index in [9.17, 15) is 4.39 Å². The van der Waals surface area contributed by atoms with Crippen molar-refractivity contribution >= 4 is 5.69 Å². The van der Waals surface area contributed by atoms with E-state index in [0.29, 0.717) is 12.1 Å². The van der Waals surface area contributed by atoms with Crippen molar-refractivity contribution in [1.82, 2.24) is 4.98 Å². The van der Waals surface area contributed by atoms with Gasteiger partial charge in [0, 0.05) is 24.5 Å². The topological polar surface area (TPSA) is 24.9 Å². The molecule has 0 saturated heterocycles. The fourth-order valence-electron chi connectivity index (χ4n) is 1.49. The lowest BCUT2D eigenvalue weighted by atomic mass is 10.2. The van der Waals surface area contributed by atoms with Crippen LogP contribution in [0.3, 0.4) is 0 Å². The van der Waals surface area contributed by atoms with Crippen molar-refractivity contribution in [3.8, 4) is 0 Å². The number of nitrogens with one attached hydrogen (secondary N) is 1. The van der Waals surface area contributed by atoms with Crippen molar-refractivity contribution in [1.29, 1.82) is 0 Å². The average molecular weight is 216 g/mol. The Hall–Kier alpha value is -1.90. The lowest BCUT2D eigenvalue weighted by Crippen LogP contribution is -2.02. The predicted molar refractivity (Wildman–Crippen MR) is 62.7 cm³/mol. The molecule has 0 unspecified atom stereocenters. The first-order chi connectivity index (χ1) is 7.75. The van der Waals surface area contributed by atoms with Gasteiger partial charge in [0.15, 0.2) is 0 Å². The molecule has 0 bridgehead atoms. The maximum Gasteiger partial charge on any atom is 0.128 e. The predicted octanol–water partition coefficient (Wildman–Crippen LogP) is 3.14. The number of aromatic nitrogens is 1. The summed E-state index contributed by atoms with van der Waals surface area (Å²) in [6.45, 7) is 2.44. The van der Waals surface area contributed by atoms with Crippen LogP contribution in [0.15, 0.2) is 42.7 Å². The maximum absolute atomic E-state index is 13.3. The second-order valence-electron chi connectivity index (χ2n) is 3.70. The molecular weight excluding hydrogens is 203 g/mol. The Balaban J connectivity index is 2.05. The minimum absolute atomic E-state index is 0.185. The number of hydrogen-bond donors (Lipinski definition) is 1. The SMILES string of the molecule is Cc1cncc(NCc2ccccc2F)c1. The van der Waals surface area contributed by atoms with E-state index in [2.05, 4.69) is 10.3 Å². The summed E-state index contributed by atoms with van der Waals surface area (Å²) < 4.78 is 13.3. The Morgan fingerprint density at radius 3 is 2.81 bits per heavy atom. The molecule has 1 aromatic heterocycles. The van der Waals surface area contributed by atoms with Crippen LogP contribution in [0.4, 0.5) is 10.1 Å². The molecule has 2 nitrogen and oxygen atoms in total. The zero-order valence-electron chi connectivity index (χ0n) is 9.07. The lowest BCUT2D eigenvalue weighted by molar-refractivity contribution is 0.613. The zero-order chi connectivity index (χ0) is 11.4. The van der Waals surface area contributed by atoms with E-state index in [4.69, 9.17) is 0 Å². The molecule has 0 saturated carbocycles. The molecule has 0 aliphatic carbocycles. The Kier molecular flexibility index (Phi) is 3.15. The molecule has 0 radical (unpaired) electrons. The normalized spacial score (nSPS) is 10.1. The van der Waals surface area contributed by atoms with Crippen LogP contribution in [0.5, 0.6) is 0 Å². The summed E-state index contributed by atoms with van der Waals surface area (Å²) in [5, 5.41) is 3.14. The van der Waals surface area contributed by atoms with E-state index in [1.807, 2.05) is 19.1 Å². The van der Waals surface area contributed by atoms with Crippen LogP contribution in [0.25, 0.3) is 0 Å². The molecule has 0 spiro atoms. The highest BCUT2D eigenvalue weighted by atomic mass is 19.1. The van der Waals surface area contributed by atoms with Gasteiger partial charge in [0.05, 0.1) is 5.69 Å². The van der Waals surface area contributed by atoms with Crippen molar-refractivity contribution in [3.05, 3.63) is 59.7 Å². The summed E-state index contributed by atoms with van der Waals surface area (Å²) in [5.74, 6) is -0.185. The van der Waals surface area contributed by atoms with Crippen molar-refractivity contribution < 1.29 is 4.39 Å². The average Bonchev–Trinajstić information content (AvgIpc) is 2.28. The molecule has 0 amide bonds. The van der Waals surface area contributed by atoms with Crippen LogP contribution in [-0.4, -0.2) is 4.98 Å². The Bertz CT molecular complexity index is 483. The first kappa shape index (κ1) is 10.6. The monoisotopic (exact) mass is 216 g/mol. The van der Waals surface area contributed by atoms with Crippen LogP contribution in [0.2, 0.25) is 0 Å². The highest BCUT2D eigenvalue weighted by Gasteiger charge is 2.00. The van der Waals surface area contributed by atoms with Gasteiger partial charge in [-0.1, -0.05) is 18.2 Å². The van der Waals surface area contributed by atoms with Crippen LogP contribution in [0, 0.1) is 12.7 Å². The minimum Gasteiger partial charge on any atom is -0.380 e. The van der Waals surface area contributed by atoms with Gasteiger partial charge in [-0.05, 0) is 24.6 Å². The summed E-state index contributed by atoms with van der Waals surface area (Å²) in [6.07, 6.45) is 3.52. The van der Waals surface area contributed by atoms with Gasteiger partial charge in [-0.25, -0.2) is 4.39 Å². The van der Waals surface area contributed by atoms with Gasteiger partial charge in [0.25, 0.3) is 0 Å². The van der Waals surface area contributed by atoms with Gasteiger partial charge < -0.3 is 5.32 Å². The van der Waals surface area contributed by atoms with Gasteiger partial charge in [-0.2, -0.15) is 0 Å². The lowest BCUT2D eigenvalue weighted by Gasteiger charge is -2.07. The zero-order valence-corrected chi connectivity index (χ0v) is 9.07. The summed E-state index contributed by atoms with van der Waals surface area (Å²) >= 11 is 0.